The number of carbonyl (C=O) groups is 1. The lowest BCUT2D eigenvalue weighted by Crippen LogP contribution is -2.50. The van der Waals surface area contributed by atoms with Gasteiger partial charge in [0.05, 0.1) is 10.5 Å². The Labute approximate surface area is 176 Å². The van der Waals surface area contributed by atoms with Crippen LogP contribution in [0.25, 0.3) is 10.9 Å². The molecule has 9 heteroatoms. The number of carbonyl (C=O) groups excluding carboxylic acids is 1. The van der Waals surface area contributed by atoms with Crippen LogP contribution < -0.4 is 0 Å². The van der Waals surface area contributed by atoms with E-state index in [0.717, 1.165) is 15.4 Å². The highest BCUT2D eigenvalue weighted by Gasteiger charge is 2.31. The van der Waals surface area contributed by atoms with Crippen LogP contribution in [0.2, 0.25) is 5.02 Å². The van der Waals surface area contributed by atoms with E-state index in [1.807, 2.05) is 18.2 Å². The number of piperazine rings is 1. The van der Waals surface area contributed by atoms with Crippen molar-refractivity contribution in [2.75, 3.05) is 26.2 Å². The topological polar surface area (TPSA) is 73.5 Å². The Bertz CT molecular complexity index is 1140. The number of nitrogens with one attached hydrogen (secondary N) is 1. The molecule has 4 rings (SSSR count). The second kappa shape index (κ2) is 7.51. The Morgan fingerprint density at radius 3 is 2.39 bits per heavy atom. The molecule has 0 unspecified atom stereocenters. The fourth-order valence-electron chi connectivity index (χ4n) is 3.33. The van der Waals surface area contributed by atoms with Crippen molar-refractivity contribution in [3.63, 3.8) is 0 Å². The van der Waals surface area contributed by atoms with Crippen molar-refractivity contribution in [2.45, 2.75) is 4.90 Å². The molecule has 0 saturated carbocycles. The van der Waals surface area contributed by atoms with E-state index in [-0.39, 0.29) is 23.9 Å². The van der Waals surface area contributed by atoms with E-state index in [1.165, 1.54) is 16.4 Å². The molecule has 2 heterocycles. The van der Waals surface area contributed by atoms with Crippen molar-refractivity contribution >= 4 is 54.4 Å². The smallest absolute Gasteiger partial charge is 0.256 e. The number of amides is 1. The summed E-state index contributed by atoms with van der Waals surface area (Å²) in [5.74, 6) is -0.104. The summed E-state index contributed by atoms with van der Waals surface area (Å²) in [5, 5.41) is 1.33. The fraction of sp³-hybridized carbons (Fsp3) is 0.211. The maximum absolute atomic E-state index is 13.0. The molecule has 146 valence electrons. The molecular weight excluding hydrogens is 466 g/mol. The molecule has 6 nitrogen and oxygen atoms in total. The van der Waals surface area contributed by atoms with E-state index in [0.29, 0.717) is 23.7 Å². The van der Waals surface area contributed by atoms with Gasteiger partial charge < -0.3 is 9.88 Å². The first-order valence-corrected chi connectivity index (χ1v) is 11.3. The Morgan fingerprint density at radius 1 is 1.04 bits per heavy atom. The van der Waals surface area contributed by atoms with Crippen LogP contribution in [-0.4, -0.2) is 54.7 Å². The van der Waals surface area contributed by atoms with Gasteiger partial charge in [-0.05, 0) is 42.5 Å². The molecular formula is C19H17BrClN3O3S. The Morgan fingerprint density at radius 2 is 1.71 bits per heavy atom. The van der Waals surface area contributed by atoms with Crippen LogP contribution in [0.4, 0.5) is 0 Å². The van der Waals surface area contributed by atoms with Gasteiger partial charge >= 0.3 is 0 Å². The molecule has 1 aliphatic heterocycles. The first-order valence-electron chi connectivity index (χ1n) is 8.68. The van der Waals surface area contributed by atoms with E-state index >= 15 is 0 Å². The molecule has 0 atom stereocenters. The first kappa shape index (κ1) is 19.4. The van der Waals surface area contributed by atoms with Gasteiger partial charge in [0.2, 0.25) is 10.0 Å². The zero-order chi connectivity index (χ0) is 19.9. The number of halogens is 2. The van der Waals surface area contributed by atoms with Gasteiger partial charge in [-0.25, -0.2) is 8.42 Å². The first-order chi connectivity index (χ1) is 13.4. The number of fused-ring (bicyclic) bond motifs is 1. The number of H-pyrrole nitrogens is 1. The summed E-state index contributed by atoms with van der Waals surface area (Å²) in [4.78, 5) is 18.0. The zero-order valence-corrected chi connectivity index (χ0v) is 17.9. The molecule has 1 fully saturated rings. The van der Waals surface area contributed by atoms with E-state index < -0.39 is 10.0 Å². The van der Waals surface area contributed by atoms with Crippen LogP contribution in [0.5, 0.6) is 0 Å². The van der Waals surface area contributed by atoms with Gasteiger partial charge in [-0.15, -0.1) is 0 Å². The van der Waals surface area contributed by atoms with Crippen LogP contribution in [-0.2, 0) is 10.0 Å². The largest absolute Gasteiger partial charge is 0.360 e. The maximum atomic E-state index is 13.0. The molecule has 1 saturated heterocycles. The number of rotatable bonds is 3. The summed E-state index contributed by atoms with van der Waals surface area (Å²) in [5.41, 5.74) is 1.47. The molecule has 3 aromatic rings. The van der Waals surface area contributed by atoms with E-state index in [9.17, 15) is 13.2 Å². The molecule has 1 aliphatic rings. The van der Waals surface area contributed by atoms with Crippen molar-refractivity contribution < 1.29 is 13.2 Å². The lowest BCUT2D eigenvalue weighted by molar-refractivity contribution is 0.0700. The minimum absolute atomic E-state index is 0.104. The number of nitrogens with zero attached hydrogens (tertiary/aromatic N) is 2. The minimum Gasteiger partial charge on any atom is -0.360 e. The summed E-state index contributed by atoms with van der Waals surface area (Å²) >= 11 is 9.28. The van der Waals surface area contributed by atoms with Crippen LogP contribution in [0.3, 0.4) is 0 Å². The Hall–Kier alpha value is -1.87. The molecule has 1 amide bonds. The molecule has 0 spiro atoms. The maximum Gasteiger partial charge on any atom is 0.256 e. The Kier molecular flexibility index (Phi) is 5.22. The fourth-order valence-corrected chi connectivity index (χ4v) is 5.24. The molecule has 2 aromatic carbocycles. The highest BCUT2D eigenvalue weighted by Crippen LogP contribution is 2.25. The zero-order valence-electron chi connectivity index (χ0n) is 14.7. The van der Waals surface area contributed by atoms with Crippen LogP contribution >= 0.6 is 27.5 Å². The third kappa shape index (κ3) is 3.57. The molecule has 0 bridgehead atoms. The van der Waals surface area contributed by atoms with Crippen molar-refractivity contribution in [3.05, 3.63) is 63.7 Å². The standard InChI is InChI=1S/C19H17BrClN3O3S/c20-13-1-6-18-16(11-13)17(12-22-18)19(25)23-7-9-24(10-8-23)28(26,27)15-4-2-14(21)3-5-15/h1-6,11-12,22H,7-10H2. The van der Waals surface area contributed by atoms with Crippen molar-refractivity contribution in [2.24, 2.45) is 0 Å². The predicted molar refractivity (Wildman–Crippen MR) is 112 cm³/mol. The van der Waals surface area contributed by atoms with Gasteiger partial charge in [0.1, 0.15) is 0 Å². The normalized spacial score (nSPS) is 15.9. The number of aromatic amines is 1. The molecule has 0 radical (unpaired) electrons. The lowest BCUT2D eigenvalue weighted by Gasteiger charge is -2.34. The summed E-state index contributed by atoms with van der Waals surface area (Å²) < 4.78 is 27.9. The monoisotopic (exact) mass is 481 g/mol. The second-order valence-electron chi connectivity index (χ2n) is 6.54. The second-order valence-corrected chi connectivity index (χ2v) is 9.83. The summed E-state index contributed by atoms with van der Waals surface area (Å²) in [6.07, 6.45) is 1.70. The van der Waals surface area contributed by atoms with Gasteiger partial charge in [0.25, 0.3) is 5.91 Å². The highest BCUT2D eigenvalue weighted by atomic mass is 79.9. The lowest BCUT2D eigenvalue weighted by atomic mass is 10.1. The number of hydrogen-bond acceptors (Lipinski definition) is 3. The van der Waals surface area contributed by atoms with Gasteiger partial charge in [-0.1, -0.05) is 27.5 Å². The van der Waals surface area contributed by atoms with Crippen molar-refractivity contribution in [1.29, 1.82) is 0 Å². The minimum atomic E-state index is -3.60. The van der Waals surface area contributed by atoms with Crippen LogP contribution in [0.15, 0.2) is 58.0 Å². The third-order valence-electron chi connectivity index (χ3n) is 4.85. The van der Waals surface area contributed by atoms with Crippen molar-refractivity contribution in [3.8, 4) is 0 Å². The summed E-state index contributed by atoms with van der Waals surface area (Å²) in [6, 6.07) is 11.8. The average Bonchev–Trinajstić information content (AvgIpc) is 3.11. The number of benzene rings is 2. The van der Waals surface area contributed by atoms with Crippen LogP contribution in [0.1, 0.15) is 10.4 Å². The van der Waals surface area contributed by atoms with Crippen molar-refractivity contribution in [1.82, 2.24) is 14.2 Å². The highest BCUT2D eigenvalue weighted by molar-refractivity contribution is 9.10. The van der Waals surface area contributed by atoms with E-state index in [1.54, 1.807) is 23.2 Å². The number of sulfonamides is 1. The number of hydrogen-bond donors (Lipinski definition) is 1. The quantitative estimate of drug-likeness (QED) is 0.618. The average molecular weight is 483 g/mol. The molecule has 1 aromatic heterocycles. The predicted octanol–water partition coefficient (Wildman–Crippen LogP) is 3.73. The number of aromatic nitrogens is 1. The SMILES string of the molecule is O=C(c1c[nH]c2ccc(Br)cc12)N1CCN(S(=O)(=O)c2ccc(Cl)cc2)CC1. The Balaban J connectivity index is 1.50. The van der Waals surface area contributed by atoms with Gasteiger partial charge in [-0.2, -0.15) is 4.31 Å². The molecule has 1 N–H and O–H groups in total. The van der Waals surface area contributed by atoms with Crippen LogP contribution in [0, 0.1) is 0 Å². The molecule has 0 aliphatic carbocycles. The van der Waals surface area contributed by atoms with E-state index in [2.05, 4.69) is 20.9 Å². The molecule has 28 heavy (non-hydrogen) atoms. The van der Waals surface area contributed by atoms with Gasteiger partial charge in [-0.3, -0.25) is 4.79 Å². The van der Waals surface area contributed by atoms with Gasteiger partial charge in [0, 0.05) is 52.8 Å². The third-order valence-corrected chi connectivity index (χ3v) is 7.51. The van der Waals surface area contributed by atoms with Gasteiger partial charge in [0.15, 0.2) is 0 Å². The summed E-state index contributed by atoms with van der Waals surface area (Å²) in [6.45, 7) is 1.18. The summed E-state index contributed by atoms with van der Waals surface area (Å²) in [7, 11) is -3.60. The van der Waals surface area contributed by atoms with E-state index in [4.69, 9.17) is 11.6 Å².